The van der Waals surface area contributed by atoms with Crippen molar-refractivity contribution in [3.8, 4) is 0 Å². The third kappa shape index (κ3) is 7.25. The molecule has 0 radical (unpaired) electrons. The molecule has 38 heavy (non-hydrogen) atoms. The molecular weight excluding hydrogens is 472 g/mol. The van der Waals surface area contributed by atoms with Crippen molar-refractivity contribution in [3.63, 3.8) is 0 Å². The summed E-state index contributed by atoms with van der Waals surface area (Å²) in [6, 6.07) is 25.8. The lowest BCUT2D eigenvalue weighted by atomic mass is 10.1. The highest BCUT2D eigenvalue weighted by atomic mass is 16.2. The fourth-order valence-corrected chi connectivity index (χ4v) is 4.68. The van der Waals surface area contributed by atoms with Crippen LogP contribution >= 0.6 is 0 Å². The summed E-state index contributed by atoms with van der Waals surface area (Å²) >= 11 is 0. The van der Waals surface area contributed by atoms with E-state index in [0.29, 0.717) is 19.6 Å². The number of hydrogen-bond acceptors (Lipinski definition) is 2. The molecule has 3 aromatic carbocycles. The normalized spacial score (nSPS) is 11.1. The molecule has 0 unspecified atom stereocenters. The van der Waals surface area contributed by atoms with Crippen molar-refractivity contribution in [3.05, 3.63) is 102 Å². The summed E-state index contributed by atoms with van der Waals surface area (Å²) in [5.41, 5.74) is 5.24. The summed E-state index contributed by atoms with van der Waals surface area (Å²) in [7, 11) is 0. The van der Waals surface area contributed by atoms with Gasteiger partial charge in [0.15, 0.2) is 0 Å². The lowest BCUT2D eigenvalue weighted by molar-refractivity contribution is -0.132. The van der Waals surface area contributed by atoms with E-state index in [-0.39, 0.29) is 24.4 Å². The molecule has 4 rings (SSSR count). The lowest BCUT2D eigenvalue weighted by Gasteiger charge is -2.29. The van der Waals surface area contributed by atoms with Gasteiger partial charge in [-0.15, -0.1) is 0 Å². The number of para-hydroxylation sites is 1. The number of urea groups is 1. The van der Waals surface area contributed by atoms with Crippen molar-refractivity contribution < 1.29 is 9.59 Å². The maximum Gasteiger partial charge on any atom is 0.322 e. The zero-order valence-corrected chi connectivity index (χ0v) is 22.6. The minimum absolute atomic E-state index is 0.0260. The van der Waals surface area contributed by atoms with E-state index in [1.165, 1.54) is 10.9 Å². The van der Waals surface area contributed by atoms with Gasteiger partial charge >= 0.3 is 6.03 Å². The SMILES string of the molecule is CCc1cccc(NC(=O)N(CC(=O)N(CCc2c[nH]c3ccccc23)Cc2ccccc2)CC(C)C)c1. The molecule has 0 spiro atoms. The average Bonchev–Trinajstić information content (AvgIpc) is 3.34. The smallest absolute Gasteiger partial charge is 0.322 e. The highest BCUT2D eigenvalue weighted by molar-refractivity contribution is 5.92. The number of benzene rings is 3. The molecule has 1 aromatic heterocycles. The number of hydrogen-bond donors (Lipinski definition) is 2. The van der Waals surface area contributed by atoms with Crippen LogP contribution in [0.15, 0.2) is 85.1 Å². The Kier molecular flexibility index (Phi) is 9.20. The van der Waals surface area contributed by atoms with Gasteiger partial charge in [0.1, 0.15) is 6.54 Å². The van der Waals surface area contributed by atoms with Crippen LogP contribution in [-0.4, -0.2) is 46.4 Å². The number of amides is 3. The van der Waals surface area contributed by atoms with E-state index in [2.05, 4.69) is 43.2 Å². The Bertz CT molecular complexity index is 1350. The fraction of sp³-hybridized carbons (Fsp3) is 0.312. The topological polar surface area (TPSA) is 68.4 Å². The van der Waals surface area contributed by atoms with E-state index < -0.39 is 0 Å². The number of nitrogens with one attached hydrogen (secondary N) is 2. The Morgan fingerprint density at radius 2 is 1.63 bits per heavy atom. The van der Waals surface area contributed by atoms with Gasteiger partial charge in [-0.05, 0) is 53.6 Å². The number of aromatic nitrogens is 1. The summed E-state index contributed by atoms with van der Waals surface area (Å²) in [4.78, 5) is 33.8. The minimum Gasteiger partial charge on any atom is -0.361 e. The minimum atomic E-state index is -0.253. The summed E-state index contributed by atoms with van der Waals surface area (Å²) in [5.74, 6) is 0.163. The second-order valence-electron chi connectivity index (χ2n) is 10.2. The molecule has 0 aliphatic heterocycles. The number of carbonyl (C=O) groups excluding carboxylic acids is 2. The number of H-pyrrole nitrogens is 1. The molecule has 0 bridgehead atoms. The highest BCUT2D eigenvalue weighted by Crippen LogP contribution is 2.19. The van der Waals surface area contributed by atoms with Gasteiger partial charge in [0, 0.05) is 42.4 Å². The number of anilines is 1. The first kappa shape index (κ1) is 27.0. The van der Waals surface area contributed by atoms with E-state index in [9.17, 15) is 9.59 Å². The van der Waals surface area contributed by atoms with Crippen molar-refractivity contribution in [2.45, 2.75) is 40.2 Å². The summed E-state index contributed by atoms with van der Waals surface area (Å²) in [5, 5.41) is 4.18. The number of rotatable bonds is 11. The molecular formula is C32H38N4O2. The van der Waals surface area contributed by atoms with E-state index >= 15 is 0 Å². The molecule has 1 heterocycles. The average molecular weight is 511 g/mol. The van der Waals surface area contributed by atoms with Gasteiger partial charge in [0.2, 0.25) is 5.91 Å². The van der Waals surface area contributed by atoms with E-state index in [1.54, 1.807) is 4.90 Å². The molecule has 0 saturated carbocycles. The van der Waals surface area contributed by atoms with Gasteiger partial charge in [-0.3, -0.25) is 4.79 Å². The Morgan fingerprint density at radius 3 is 2.39 bits per heavy atom. The van der Waals surface area contributed by atoms with Gasteiger partial charge in [0.25, 0.3) is 0 Å². The highest BCUT2D eigenvalue weighted by Gasteiger charge is 2.23. The molecule has 3 amide bonds. The zero-order valence-electron chi connectivity index (χ0n) is 22.6. The Balaban J connectivity index is 1.50. The maximum atomic E-state index is 13.7. The summed E-state index contributed by atoms with van der Waals surface area (Å²) in [6.45, 7) is 7.78. The van der Waals surface area contributed by atoms with Gasteiger partial charge in [-0.2, -0.15) is 0 Å². The third-order valence-electron chi connectivity index (χ3n) is 6.68. The molecule has 6 nitrogen and oxygen atoms in total. The van der Waals surface area contributed by atoms with Crippen molar-refractivity contribution >= 4 is 28.5 Å². The van der Waals surface area contributed by atoms with Crippen LogP contribution in [0, 0.1) is 5.92 Å². The molecule has 6 heteroatoms. The molecule has 0 fully saturated rings. The van der Waals surface area contributed by atoms with Gasteiger partial charge < -0.3 is 20.1 Å². The van der Waals surface area contributed by atoms with Crippen LogP contribution in [0.1, 0.15) is 37.5 Å². The van der Waals surface area contributed by atoms with Crippen LogP contribution < -0.4 is 5.32 Å². The first-order valence-corrected chi connectivity index (χ1v) is 13.4. The van der Waals surface area contributed by atoms with Crippen molar-refractivity contribution in [1.82, 2.24) is 14.8 Å². The maximum absolute atomic E-state index is 13.7. The van der Waals surface area contributed by atoms with Gasteiger partial charge in [-0.25, -0.2) is 4.79 Å². The number of nitrogens with zero attached hydrogens (tertiary/aromatic N) is 2. The monoisotopic (exact) mass is 510 g/mol. The molecule has 2 N–H and O–H groups in total. The van der Waals surface area contributed by atoms with Gasteiger partial charge in [-0.1, -0.05) is 81.4 Å². The first-order chi connectivity index (χ1) is 18.4. The standard InChI is InChI=1S/C32H38N4O2/c1-4-25-13-10-14-28(19-25)34-32(38)36(21-24(2)3)23-31(37)35(22-26-11-6-5-7-12-26)18-17-27-20-33-30-16-9-8-15-29(27)30/h5-16,19-20,24,33H,4,17-18,21-23H2,1-3H3,(H,34,38). The summed E-state index contributed by atoms with van der Waals surface area (Å²) < 4.78 is 0. The van der Waals surface area contributed by atoms with Crippen LogP contribution in [0.2, 0.25) is 0 Å². The van der Waals surface area contributed by atoms with Crippen LogP contribution in [-0.2, 0) is 24.2 Å². The lowest BCUT2D eigenvalue weighted by Crippen LogP contribution is -2.46. The van der Waals surface area contributed by atoms with E-state index in [1.807, 2.05) is 77.8 Å². The van der Waals surface area contributed by atoms with Crippen LogP contribution in [0.25, 0.3) is 10.9 Å². The third-order valence-corrected chi connectivity index (χ3v) is 6.68. The van der Waals surface area contributed by atoms with Crippen LogP contribution in [0.4, 0.5) is 10.5 Å². The predicted octanol–water partition coefficient (Wildman–Crippen LogP) is 6.49. The van der Waals surface area contributed by atoms with E-state index in [0.717, 1.165) is 35.2 Å². The molecule has 0 saturated heterocycles. The predicted molar refractivity (Wildman–Crippen MR) is 155 cm³/mol. The molecule has 4 aromatic rings. The van der Waals surface area contributed by atoms with Crippen LogP contribution in [0.5, 0.6) is 0 Å². The molecule has 0 aliphatic rings. The van der Waals surface area contributed by atoms with Crippen LogP contribution in [0.3, 0.4) is 0 Å². The van der Waals surface area contributed by atoms with Crippen molar-refractivity contribution in [2.75, 3.05) is 25.0 Å². The first-order valence-electron chi connectivity index (χ1n) is 13.4. The Morgan fingerprint density at radius 1 is 0.895 bits per heavy atom. The molecule has 198 valence electrons. The Hall–Kier alpha value is -4.06. The van der Waals surface area contributed by atoms with Crippen molar-refractivity contribution in [1.29, 1.82) is 0 Å². The fourth-order valence-electron chi connectivity index (χ4n) is 4.68. The van der Waals surface area contributed by atoms with Crippen molar-refractivity contribution in [2.24, 2.45) is 5.92 Å². The Labute approximate surface area is 225 Å². The number of fused-ring (bicyclic) bond motifs is 1. The number of aromatic amines is 1. The summed E-state index contributed by atoms with van der Waals surface area (Å²) in [6.07, 6.45) is 3.64. The largest absolute Gasteiger partial charge is 0.361 e. The second kappa shape index (κ2) is 13.0. The number of aryl methyl sites for hydroxylation is 1. The molecule has 0 aliphatic carbocycles. The number of carbonyl (C=O) groups is 2. The van der Waals surface area contributed by atoms with Gasteiger partial charge in [0.05, 0.1) is 0 Å². The van der Waals surface area contributed by atoms with E-state index in [4.69, 9.17) is 0 Å². The second-order valence-corrected chi connectivity index (χ2v) is 10.2. The molecule has 0 atom stereocenters. The quantitative estimate of drug-likeness (QED) is 0.242. The zero-order chi connectivity index (χ0) is 26.9.